The maximum Gasteiger partial charge on any atom is 0.163 e. The summed E-state index contributed by atoms with van der Waals surface area (Å²) in [4.78, 5) is 15.6. The quantitative estimate of drug-likeness (QED) is 0.775. The SMILES string of the molecule is CC(=O)c1ccc(F)cc1OCCc1ccccn1. The van der Waals surface area contributed by atoms with E-state index >= 15 is 0 Å². The Hall–Kier alpha value is -2.23. The van der Waals surface area contributed by atoms with E-state index in [9.17, 15) is 9.18 Å². The van der Waals surface area contributed by atoms with E-state index in [1.165, 1.54) is 25.1 Å². The van der Waals surface area contributed by atoms with Crippen molar-refractivity contribution in [3.05, 3.63) is 59.7 Å². The summed E-state index contributed by atoms with van der Waals surface area (Å²) in [7, 11) is 0. The zero-order valence-corrected chi connectivity index (χ0v) is 10.6. The summed E-state index contributed by atoms with van der Waals surface area (Å²) < 4.78 is 18.6. The molecule has 0 unspecified atom stereocenters. The monoisotopic (exact) mass is 259 g/mol. The van der Waals surface area contributed by atoms with Crippen molar-refractivity contribution in [2.24, 2.45) is 0 Å². The van der Waals surface area contributed by atoms with Crippen molar-refractivity contribution in [2.45, 2.75) is 13.3 Å². The number of carbonyl (C=O) groups excluding carboxylic acids is 1. The van der Waals surface area contributed by atoms with Gasteiger partial charge in [0.05, 0.1) is 12.2 Å². The van der Waals surface area contributed by atoms with Crippen molar-refractivity contribution in [2.75, 3.05) is 6.61 Å². The molecule has 1 heterocycles. The van der Waals surface area contributed by atoms with E-state index in [0.717, 1.165) is 5.69 Å². The maximum atomic E-state index is 13.2. The zero-order chi connectivity index (χ0) is 13.7. The minimum atomic E-state index is -0.419. The summed E-state index contributed by atoms with van der Waals surface area (Å²) in [5.74, 6) is -0.283. The van der Waals surface area contributed by atoms with Gasteiger partial charge in [-0.05, 0) is 31.2 Å². The first kappa shape index (κ1) is 13.2. The van der Waals surface area contributed by atoms with Gasteiger partial charge in [-0.3, -0.25) is 9.78 Å². The molecule has 4 heteroatoms. The van der Waals surface area contributed by atoms with Crippen LogP contribution in [0.5, 0.6) is 5.75 Å². The second kappa shape index (κ2) is 6.09. The first-order valence-corrected chi connectivity index (χ1v) is 6.00. The fraction of sp³-hybridized carbons (Fsp3) is 0.200. The molecule has 0 saturated carbocycles. The Morgan fingerprint density at radius 3 is 2.84 bits per heavy atom. The van der Waals surface area contributed by atoms with E-state index in [1.54, 1.807) is 6.20 Å². The highest BCUT2D eigenvalue weighted by Gasteiger charge is 2.09. The van der Waals surface area contributed by atoms with Crippen LogP contribution in [-0.4, -0.2) is 17.4 Å². The lowest BCUT2D eigenvalue weighted by Gasteiger charge is -2.09. The highest BCUT2D eigenvalue weighted by molar-refractivity contribution is 5.96. The van der Waals surface area contributed by atoms with Gasteiger partial charge in [-0.2, -0.15) is 0 Å². The van der Waals surface area contributed by atoms with Crippen LogP contribution in [0.15, 0.2) is 42.6 Å². The van der Waals surface area contributed by atoms with Crippen molar-refractivity contribution in [1.29, 1.82) is 0 Å². The number of Topliss-reactive ketones (excluding diaryl/α,β-unsaturated/α-hetero) is 1. The van der Waals surface area contributed by atoms with Crippen LogP contribution in [0.25, 0.3) is 0 Å². The Morgan fingerprint density at radius 1 is 1.32 bits per heavy atom. The average Bonchev–Trinajstić information content (AvgIpc) is 2.39. The lowest BCUT2D eigenvalue weighted by molar-refractivity contribution is 0.101. The Kier molecular flexibility index (Phi) is 4.23. The number of hydrogen-bond donors (Lipinski definition) is 0. The second-order valence-electron chi connectivity index (χ2n) is 4.12. The number of carbonyl (C=O) groups is 1. The molecule has 0 saturated heterocycles. The molecule has 98 valence electrons. The van der Waals surface area contributed by atoms with Gasteiger partial charge in [-0.15, -0.1) is 0 Å². The molecule has 0 spiro atoms. The largest absolute Gasteiger partial charge is 0.492 e. The molecule has 3 nitrogen and oxygen atoms in total. The summed E-state index contributed by atoms with van der Waals surface area (Å²) >= 11 is 0. The predicted octanol–water partition coefficient (Wildman–Crippen LogP) is 3.04. The molecular formula is C15H14FNO2. The van der Waals surface area contributed by atoms with Crippen molar-refractivity contribution >= 4 is 5.78 Å². The summed E-state index contributed by atoms with van der Waals surface area (Å²) in [5.41, 5.74) is 1.28. The molecule has 2 aromatic rings. The summed E-state index contributed by atoms with van der Waals surface area (Å²) in [5, 5.41) is 0. The highest BCUT2D eigenvalue weighted by atomic mass is 19.1. The van der Waals surface area contributed by atoms with Crippen molar-refractivity contribution in [3.63, 3.8) is 0 Å². The summed E-state index contributed by atoms with van der Waals surface area (Å²) in [6, 6.07) is 9.54. The van der Waals surface area contributed by atoms with Gasteiger partial charge in [-0.25, -0.2) is 4.39 Å². The smallest absolute Gasteiger partial charge is 0.163 e. The predicted molar refractivity (Wildman–Crippen MR) is 69.8 cm³/mol. The van der Waals surface area contributed by atoms with Crippen LogP contribution in [0.2, 0.25) is 0 Å². The molecule has 0 fully saturated rings. The van der Waals surface area contributed by atoms with Gasteiger partial charge in [0, 0.05) is 24.4 Å². The van der Waals surface area contributed by atoms with E-state index < -0.39 is 5.82 Å². The number of ether oxygens (including phenoxy) is 1. The molecule has 0 atom stereocenters. The molecule has 0 radical (unpaired) electrons. The van der Waals surface area contributed by atoms with E-state index in [-0.39, 0.29) is 11.5 Å². The van der Waals surface area contributed by atoms with E-state index in [0.29, 0.717) is 18.6 Å². The topological polar surface area (TPSA) is 39.2 Å². The highest BCUT2D eigenvalue weighted by Crippen LogP contribution is 2.20. The second-order valence-corrected chi connectivity index (χ2v) is 4.12. The van der Waals surface area contributed by atoms with Gasteiger partial charge in [-0.1, -0.05) is 6.07 Å². The fourth-order valence-electron chi connectivity index (χ4n) is 1.72. The van der Waals surface area contributed by atoms with E-state index in [4.69, 9.17) is 4.74 Å². The number of nitrogens with zero attached hydrogens (tertiary/aromatic N) is 1. The Morgan fingerprint density at radius 2 is 2.16 bits per heavy atom. The van der Waals surface area contributed by atoms with Crippen molar-refractivity contribution < 1.29 is 13.9 Å². The molecule has 0 aliphatic rings. The molecular weight excluding hydrogens is 245 g/mol. The van der Waals surface area contributed by atoms with Gasteiger partial charge in [0.2, 0.25) is 0 Å². The average molecular weight is 259 g/mol. The van der Waals surface area contributed by atoms with Crippen molar-refractivity contribution in [3.8, 4) is 5.75 Å². The van der Waals surface area contributed by atoms with Crippen LogP contribution in [0.1, 0.15) is 23.0 Å². The number of ketones is 1. The number of benzene rings is 1. The Balaban J connectivity index is 2.03. The Labute approximate surface area is 111 Å². The molecule has 19 heavy (non-hydrogen) atoms. The van der Waals surface area contributed by atoms with E-state index in [2.05, 4.69) is 4.98 Å². The standard InChI is InChI=1S/C15H14FNO2/c1-11(18)14-6-5-12(16)10-15(14)19-9-7-13-4-2-3-8-17-13/h2-6,8,10H,7,9H2,1H3. The van der Waals surface area contributed by atoms with Gasteiger partial charge in [0.25, 0.3) is 0 Å². The van der Waals surface area contributed by atoms with Crippen LogP contribution >= 0.6 is 0 Å². The minimum Gasteiger partial charge on any atom is -0.492 e. The number of aromatic nitrogens is 1. The van der Waals surface area contributed by atoms with Crippen LogP contribution in [-0.2, 0) is 6.42 Å². The zero-order valence-electron chi connectivity index (χ0n) is 10.6. The van der Waals surface area contributed by atoms with Gasteiger partial charge in [0.1, 0.15) is 11.6 Å². The lowest BCUT2D eigenvalue weighted by Crippen LogP contribution is -2.06. The van der Waals surface area contributed by atoms with Crippen LogP contribution in [0, 0.1) is 5.82 Å². The molecule has 2 rings (SSSR count). The van der Waals surface area contributed by atoms with Gasteiger partial charge < -0.3 is 4.74 Å². The lowest BCUT2D eigenvalue weighted by atomic mass is 10.1. The number of hydrogen-bond acceptors (Lipinski definition) is 3. The molecule has 0 aliphatic heterocycles. The molecule has 1 aromatic heterocycles. The van der Waals surface area contributed by atoms with Crippen LogP contribution < -0.4 is 4.74 Å². The Bertz CT molecular complexity index is 570. The molecule has 0 bridgehead atoms. The van der Waals surface area contributed by atoms with Gasteiger partial charge >= 0.3 is 0 Å². The normalized spacial score (nSPS) is 10.2. The number of halogens is 1. The minimum absolute atomic E-state index is 0.146. The fourth-order valence-corrected chi connectivity index (χ4v) is 1.72. The summed E-state index contributed by atoms with van der Waals surface area (Å²) in [6.45, 7) is 1.78. The van der Waals surface area contributed by atoms with E-state index in [1.807, 2.05) is 18.2 Å². The molecule has 0 N–H and O–H groups in total. The molecule has 0 aliphatic carbocycles. The first-order valence-electron chi connectivity index (χ1n) is 6.00. The third kappa shape index (κ3) is 3.61. The first-order chi connectivity index (χ1) is 9.16. The van der Waals surface area contributed by atoms with Gasteiger partial charge in [0.15, 0.2) is 5.78 Å². The molecule has 0 amide bonds. The van der Waals surface area contributed by atoms with Crippen LogP contribution in [0.3, 0.4) is 0 Å². The van der Waals surface area contributed by atoms with Crippen LogP contribution in [0.4, 0.5) is 4.39 Å². The maximum absolute atomic E-state index is 13.2. The summed E-state index contributed by atoms with van der Waals surface area (Å²) in [6.07, 6.45) is 2.31. The third-order valence-corrected chi connectivity index (χ3v) is 2.66. The molecule has 1 aromatic carbocycles. The number of rotatable bonds is 5. The third-order valence-electron chi connectivity index (χ3n) is 2.66. The number of pyridine rings is 1. The van der Waals surface area contributed by atoms with Crippen molar-refractivity contribution in [1.82, 2.24) is 4.98 Å².